The minimum atomic E-state index is -0.172. The van der Waals surface area contributed by atoms with E-state index >= 15 is 0 Å². The van der Waals surface area contributed by atoms with Gasteiger partial charge in [-0.05, 0) is 44.0 Å². The molecule has 0 saturated carbocycles. The molecule has 0 aliphatic carbocycles. The Kier molecular flexibility index (Phi) is 4.33. The van der Waals surface area contributed by atoms with Crippen molar-refractivity contribution < 1.29 is 4.39 Å². The van der Waals surface area contributed by atoms with E-state index < -0.39 is 0 Å². The Morgan fingerprint density at radius 3 is 2.93 bits per heavy atom. The van der Waals surface area contributed by atoms with Crippen LogP contribution in [0.3, 0.4) is 0 Å². The molecule has 0 aliphatic heterocycles. The van der Waals surface area contributed by atoms with E-state index in [1.807, 2.05) is 13.0 Å². The molecule has 0 unspecified atom stereocenters. The van der Waals surface area contributed by atoms with E-state index in [1.165, 1.54) is 11.6 Å². The first-order chi connectivity index (χ1) is 6.72. The number of hydrogen-bond donors (Lipinski definition) is 1. The van der Waals surface area contributed by atoms with Crippen LogP contribution in [0.1, 0.15) is 18.9 Å². The Hall–Kier alpha value is -1.15. The number of benzene rings is 1. The van der Waals surface area contributed by atoms with E-state index in [1.54, 1.807) is 12.1 Å². The third-order valence-electron chi connectivity index (χ3n) is 2.03. The van der Waals surface area contributed by atoms with Gasteiger partial charge in [0, 0.05) is 0 Å². The Balaban J connectivity index is 2.60. The van der Waals surface area contributed by atoms with Crippen LogP contribution in [0.25, 0.3) is 0 Å². The number of rotatable bonds is 4. The van der Waals surface area contributed by atoms with E-state index in [2.05, 4.69) is 6.08 Å². The Labute approximate surface area is 84.4 Å². The van der Waals surface area contributed by atoms with Crippen LogP contribution in [0.15, 0.2) is 35.9 Å². The molecule has 14 heavy (non-hydrogen) atoms. The second kappa shape index (κ2) is 5.55. The van der Waals surface area contributed by atoms with Crippen LogP contribution in [0.5, 0.6) is 0 Å². The minimum absolute atomic E-state index is 0.172. The van der Waals surface area contributed by atoms with Gasteiger partial charge >= 0.3 is 0 Å². The highest BCUT2D eigenvalue weighted by Crippen LogP contribution is 2.09. The molecular formula is C12H16FN. The lowest BCUT2D eigenvalue weighted by Gasteiger charge is -2.01. The van der Waals surface area contributed by atoms with Gasteiger partial charge in [0.1, 0.15) is 5.82 Å². The van der Waals surface area contributed by atoms with Gasteiger partial charge in [-0.2, -0.15) is 0 Å². The van der Waals surface area contributed by atoms with Gasteiger partial charge in [-0.25, -0.2) is 4.39 Å². The molecule has 76 valence electrons. The summed E-state index contributed by atoms with van der Waals surface area (Å²) in [7, 11) is 0. The highest BCUT2D eigenvalue weighted by Gasteiger charge is 1.96. The largest absolute Gasteiger partial charge is 0.330 e. The average Bonchev–Trinajstić information content (AvgIpc) is 2.15. The molecule has 0 aliphatic rings. The summed E-state index contributed by atoms with van der Waals surface area (Å²) in [6.07, 6.45) is 3.80. The zero-order valence-electron chi connectivity index (χ0n) is 8.46. The monoisotopic (exact) mass is 193 g/mol. The molecule has 0 spiro atoms. The molecule has 0 atom stereocenters. The zero-order valence-corrected chi connectivity index (χ0v) is 8.46. The van der Waals surface area contributed by atoms with Crippen molar-refractivity contribution in [3.63, 3.8) is 0 Å². The van der Waals surface area contributed by atoms with Crippen molar-refractivity contribution in [3.8, 4) is 0 Å². The smallest absolute Gasteiger partial charge is 0.123 e. The molecule has 1 aromatic rings. The first kappa shape index (κ1) is 10.9. The lowest BCUT2D eigenvalue weighted by Crippen LogP contribution is -1.96. The quantitative estimate of drug-likeness (QED) is 0.731. The Morgan fingerprint density at radius 1 is 1.50 bits per heavy atom. The summed E-state index contributed by atoms with van der Waals surface area (Å²) < 4.78 is 12.8. The third kappa shape index (κ3) is 3.71. The topological polar surface area (TPSA) is 26.0 Å². The first-order valence-electron chi connectivity index (χ1n) is 4.82. The van der Waals surface area contributed by atoms with Crippen molar-refractivity contribution in [1.29, 1.82) is 0 Å². The molecule has 0 aromatic heterocycles. The van der Waals surface area contributed by atoms with E-state index in [9.17, 15) is 4.39 Å². The van der Waals surface area contributed by atoms with E-state index in [-0.39, 0.29) is 5.82 Å². The van der Waals surface area contributed by atoms with Crippen LogP contribution in [-0.2, 0) is 6.42 Å². The maximum atomic E-state index is 12.8. The molecule has 2 heteroatoms. The van der Waals surface area contributed by atoms with Gasteiger partial charge in [-0.15, -0.1) is 0 Å². The summed E-state index contributed by atoms with van der Waals surface area (Å²) in [6, 6.07) is 6.70. The maximum absolute atomic E-state index is 12.8. The normalized spacial score (nSPS) is 11.8. The van der Waals surface area contributed by atoms with Gasteiger partial charge in [0.25, 0.3) is 0 Å². The van der Waals surface area contributed by atoms with Gasteiger partial charge in [0.15, 0.2) is 0 Å². The molecule has 0 fully saturated rings. The number of halogens is 1. The zero-order chi connectivity index (χ0) is 10.4. The van der Waals surface area contributed by atoms with Gasteiger partial charge in [0.05, 0.1) is 0 Å². The molecule has 0 saturated heterocycles. The van der Waals surface area contributed by atoms with Crippen molar-refractivity contribution in [2.75, 3.05) is 6.54 Å². The summed E-state index contributed by atoms with van der Waals surface area (Å²) in [5, 5.41) is 0. The van der Waals surface area contributed by atoms with Gasteiger partial charge in [-0.3, -0.25) is 0 Å². The average molecular weight is 193 g/mol. The summed E-state index contributed by atoms with van der Waals surface area (Å²) in [5.74, 6) is -0.172. The minimum Gasteiger partial charge on any atom is -0.330 e. The fourth-order valence-corrected chi connectivity index (χ4v) is 1.37. The van der Waals surface area contributed by atoms with Crippen molar-refractivity contribution in [2.45, 2.75) is 19.8 Å². The SMILES string of the molecule is CC(=CCCN)Cc1cccc(F)c1. The van der Waals surface area contributed by atoms with Crippen LogP contribution >= 0.6 is 0 Å². The molecule has 0 bridgehead atoms. The van der Waals surface area contributed by atoms with Crippen molar-refractivity contribution in [1.82, 2.24) is 0 Å². The lowest BCUT2D eigenvalue weighted by molar-refractivity contribution is 0.626. The van der Waals surface area contributed by atoms with Crippen LogP contribution in [-0.4, -0.2) is 6.54 Å². The molecule has 1 rings (SSSR count). The van der Waals surface area contributed by atoms with E-state index in [0.717, 1.165) is 18.4 Å². The predicted octanol–water partition coefficient (Wildman–Crippen LogP) is 2.66. The lowest BCUT2D eigenvalue weighted by atomic mass is 10.1. The van der Waals surface area contributed by atoms with Crippen LogP contribution in [0, 0.1) is 5.82 Å². The molecule has 2 N–H and O–H groups in total. The van der Waals surface area contributed by atoms with Gasteiger partial charge in [0.2, 0.25) is 0 Å². The summed E-state index contributed by atoms with van der Waals surface area (Å²) >= 11 is 0. The van der Waals surface area contributed by atoms with Crippen LogP contribution < -0.4 is 5.73 Å². The highest BCUT2D eigenvalue weighted by molar-refractivity contribution is 5.21. The summed E-state index contributed by atoms with van der Waals surface area (Å²) in [4.78, 5) is 0. The number of allylic oxidation sites excluding steroid dienone is 1. The second-order valence-electron chi connectivity index (χ2n) is 3.43. The van der Waals surface area contributed by atoms with Crippen molar-refractivity contribution in [2.24, 2.45) is 5.73 Å². The Morgan fingerprint density at radius 2 is 2.29 bits per heavy atom. The maximum Gasteiger partial charge on any atom is 0.123 e. The predicted molar refractivity (Wildman–Crippen MR) is 57.5 cm³/mol. The van der Waals surface area contributed by atoms with Crippen LogP contribution in [0.2, 0.25) is 0 Å². The molecule has 1 aromatic carbocycles. The standard InChI is InChI=1S/C12H16FN/c1-10(4-3-7-14)8-11-5-2-6-12(13)9-11/h2,4-6,9H,3,7-8,14H2,1H3. The van der Waals surface area contributed by atoms with Crippen molar-refractivity contribution >= 4 is 0 Å². The molecular weight excluding hydrogens is 177 g/mol. The Bertz CT molecular complexity index is 318. The first-order valence-corrected chi connectivity index (χ1v) is 4.82. The van der Waals surface area contributed by atoms with E-state index in [0.29, 0.717) is 6.54 Å². The van der Waals surface area contributed by atoms with Gasteiger partial charge < -0.3 is 5.73 Å². The summed E-state index contributed by atoms with van der Waals surface area (Å²) in [5.41, 5.74) is 7.64. The van der Waals surface area contributed by atoms with Crippen molar-refractivity contribution in [3.05, 3.63) is 47.3 Å². The molecule has 1 nitrogen and oxygen atoms in total. The fourth-order valence-electron chi connectivity index (χ4n) is 1.37. The number of hydrogen-bond acceptors (Lipinski definition) is 1. The van der Waals surface area contributed by atoms with Crippen LogP contribution in [0.4, 0.5) is 4.39 Å². The summed E-state index contributed by atoms with van der Waals surface area (Å²) in [6.45, 7) is 2.71. The number of nitrogens with two attached hydrogens (primary N) is 1. The molecule has 0 heterocycles. The van der Waals surface area contributed by atoms with Gasteiger partial charge in [-0.1, -0.05) is 23.8 Å². The molecule has 0 radical (unpaired) electrons. The highest BCUT2D eigenvalue weighted by atomic mass is 19.1. The third-order valence-corrected chi connectivity index (χ3v) is 2.03. The van der Waals surface area contributed by atoms with E-state index in [4.69, 9.17) is 5.73 Å². The second-order valence-corrected chi connectivity index (χ2v) is 3.43. The molecule has 0 amide bonds. The fraction of sp³-hybridized carbons (Fsp3) is 0.333.